The Balaban J connectivity index is 1.05. The lowest BCUT2D eigenvalue weighted by Gasteiger charge is -2.31. The molecule has 1 aliphatic heterocycles. The number of hydrogen-bond donors (Lipinski definition) is 0. The zero-order valence-electron chi connectivity index (χ0n) is 47.6. The van der Waals surface area contributed by atoms with Crippen LogP contribution in [0.5, 0.6) is 11.5 Å². The molecule has 5 heteroatoms. The quantitative estimate of drug-likeness (QED) is 0.0218. The molecule has 0 amide bonds. The summed E-state index contributed by atoms with van der Waals surface area (Å²) in [6, 6.07) is 53.7. The molecule has 410 valence electrons. The highest BCUT2D eigenvalue weighted by Crippen LogP contribution is 2.39. The fourth-order valence-corrected chi connectivity index (χ4v) is 17.3. The predicted molar refractivity (Wildman–Crippen MR) is 334 cm³/mol. The van der Waals surface area contributed by atoms with E-state index in [4.69, 9.17) is 18.9 Å². The second kappa shape index (κ2) is 33.5. The van der Waals surface area contributed by atoms with Crippen molar-refractivity contribution in [1.29, 1.82) is 0 Å². The molecule has 0 spiro atoms. The topological polar surface area (TPSA) is 36.9 Å². The van der Waals surface area contributed by atoms with E-state index in [0.29, 0.717) is 0 Å². The van der Waals surface area contributed by atoms with Gasteiger partial charge in [-0.15, -0.1) is 0 Å². The van der Waals surface area contributed by atoms with Crippen molar-refractivity contribution >= 4 is 18.4 Å². The van der Waals surface area contributed by atoms with Crippen LogP contribution in [0, 0.1) is 0 Å². The molecule has 0 aliphatic carbocycles. The highest BCUT2D eigenvalue weighted by atomic mass is 28.3. The van der Waals surface area contributed by atoms with Crippen LogP contribution in [0.2, 0.25) is 12.1 Å². The van der Waals surface area contributed by atoms with E-state index in [1.165, 1.54) is 209 Å². The summed E-state index contributed by atoms with van der Waals surface area (Å²) in [5, 5.41) is 3.37. The summed E-state index contributed by atoms with van der Waals surface area (Å²) in [6.07, 6.45) is 33.2. The molecule has 6 aromatic rings. The lowest BCUT2D eigenvalue weighted by molar-refractivity contribution is 0.241. The van der Waals surface area contributed by atoms with Crippen molar-refractivity contribution in [3.63, 3.8) is 0 Å². The van der Waals surface area contributed by atoms with Crippen LogP contribution >= 0.6 is 0 Å². The minimum Gasteiger partial charge on any atom is -0.502 e. The Labute approximate surface area is 467 Å². The molecule has 1 heterocycles. The molecule has 0 bridgehead atoms. The first-order chi connectivity index (χ1) is 38.1. The third-order valence-corrected chi connectivity index (χ3v) is 21.5. The van der Waals surface area contributed by atoms with Crippen LogP contribution in [0.3, 0.4) is 0 Å². The van der Waals surface area contributed by atoms with Gasteiger partial charge in [0, 0.05) is 0 Å². The predicted octanol–water partition coefficient (Wildman–Crippen LogP) is 20.4. The van der Waals surface area contributed by atoms with Crippen LogP contribution in [0.25, 0.3) is 55.6 Å². The number of unbranched alkanes of at least 4 members (excludes halogenated alkanes) is 20. The first-order valence-electron chi connectivity index (χ1n) is 30.5. The molecule has 0 aromatic heterocycles. The molecule has 0 saturated heterocycles. The molecule has 0 fully saturated rings. The van der Waals surface area contributed by atoms with E-state index in [2.05, 4.69) is 160 Å². The molecular formula is C72H94O4Si. The molecule has 0 unspecified atom stereocenters. The zero-order chi connectivity index (χ0) is 53.6. The summed E-state index contributed by atoms with van der Waals surface area (Å²) < 4.78 is 22.8. The Morgan fingerprint density at radius 2 is 0.584 bits per heavy atom. The molecule has 0 saturated carbocycles. The molecule has 0 atom stereocenters. The molecule has 7 rings (SSSR count). The Morgan fingerprint density at radius 3 is 0.922 bits per heavy atom. The molecule has 77 heavy (non-hydrogen) atoms. The van der Waals surface area contributed by atoms with E-state index in [9.17, 15) is 0 Å². The van der Waals surface area contributed by atoms with Crippen molar-refractivity contribution in [1.82, 2.24) is 0 Å². The van der Waals surface area contributed by atoms with E-state index in [1.807, 2.05) is 0 Å². The van der Waals surface area contributed by atoms with Gasteiger partial charge in [-0.1, -0.05) is 265 Å². The van der Waals surface area contributed by atoms with Crippen molar-refractivity contribution < 1.29 is 18.9 Å². The maximum absolute atomic E-state index is 6.14. The first kappa shape index (κ1) is 58.9. The lowest BCUT2D eigenvalue weighted by atomic mass is 9.96. The smallest absolute Gasteiger partial charge is 0.119 e. The van der Waals surface area contributed by atoms with Gasteiger partial charge in [0.25, 0.3) is 0 Å². The van der Waals surface area contributed by atoms with E-state index in [-0.39, 0.29) is 0 Å². The van der Waals surface area contributed by atoms with Crippen molar-refractivity contribution in [2.75, 3.05) is 26.4 Å². The fraction of sp³-hybridized carbons (Fsp3) is 0.444. The summed E-state index contributed by atoms with van der Waals surface area (Å²) >= 11 is 0. The third kappa shape index (κ3) is 18.1. The van der Waals surface area contributed by atoms with Gasteiger partial charge in [0.05, 0.1) is 39.0 Å². The maximum atomic E-state index is 6.14. The van der Waals surface area contributed by atoms with Gasteiger partial charge >= 0.3 is 0 Å². The monoisotopic (exact) mass is 1050 g/mol. The van der Waals surface area contributed by atoms with Crippen LogP contribution in [0.4, 0.5) is 0 Å². The number of rotatable bonds is 40. The molecule has 4 nitrogen and oxygen atoms in total. The Bertz CT molecular complexity index is 2410. The largest absolute Gasteiger partial charge is 0.502 e. The summed E-state index contributed by atoms with van der Waals surface area (Å²) in [4.78, 5) is 0. The van der Waals surface area contributed by atoms with E-state index in [0.717, 1.165) is 63.6 Å². The average molecular weight is 1050 g/mol. The summed E-state index contributed by atoms with van der Waals surface area (Å²) in [5.74, 6) is 1.90. The number of hydrogen-bond acceptors (Lipinski definition) is 4. The first-order valence-corrected chi connectivity index (χ1v) is 32.9. The highest BCUT2D eigenvalue weighted by Gasteiger charge is 2.44. The van der Waals surface area contributed by atoms with Gasteiger partial charge in [0.1, 0.15) is 19.6 Å². The van der Waals surface area contributed by atoms with Crippen molar-refractivity contribution in [2.45, 2.75) is 180 Å². The van der Waals surface area contributed by atoms with Gasteiger partial charge in [-0.25, -0.2) is 0 Å². The van der Waals surface area contributed by atoms with Gasteiger partial charge in [-0.05, 0) is 128 Å². The van der Waals surface area contributed by atoms with Crippen LogP contribution in [0.15, 0.2) is 159 Å². The fourth-order valence-electron chi connectivity index (χ4n) is 11.7. The number of fused-ring (bicyclic) bond motifs is 3. The zero-order valence-corrected chi connectivity index (χ0v) is 48.6. The van der Waals surface area contributed by atoms with Gasteiger partial charge in [0.2, 0.25) is 0 Å². The molecule has 6 aromatic carbocycles. The van der Waals surface area contributed by atoms with Crippen LogP contribution < -0.4 is 19.8 Å². The van der Waals surface area contributed by atoms with Gasteiger partial charge in [-0.2, -0.15) is 0 Å². The molecular weight excluding hydrogens is 957 g/mol. The maximum Gasteiger partial charge on any atom is 0.119 e. The SMILES string of the molecule is C=COCCCCCCCCOc1ccc(-c2ccc(-c3ccc4c(c3)[Si](CCCCCCCC)(CCCCCCCC)c3cc(-c5ccc(-c6ccc(OCCCCCCCCOC=C)cc6)cc5)ccc3-4)cc2)cc1. The van der Waals surface area contributed by atoms with E-state index < -0.39 is 8.07 Å². The lowest BCUT2D eigenvalue weighted by Crippen LogP contribution is -2.55. The summed E-state index contributed by atoms with van der Waals surface area (Å²) in [6.45, 7) is 15.0. The van der Waals surface area contributed by atoms with Crippen LogP contribution in [0.1, 0.15) is 168 Å². The number of ether oxygens (including phenoxy) is 4. The Hall–Kier alpha value is -5.78. The highest BCUT2D eigenvalue weighted by molar-refractivity contribution is 7.05. The Kier molecular flexibility index (Phi) is 25.6. The van der Waals surface area contributed by atoms with Crippen molar-refractivity contribution in [3.8, 4) is 67.1 Å². The van der Waals surface area contributed by atoms with Gasteiger partial charge < -0.3 is 18.9 Å². The molecule has 0 radical (unpaired) electrons. The summed E-state index contributed by atoms with van der Waals surface area (Å²) in [7, 11) is -2.16. The standard InChI is InChI=1S/C72H94O4Si/c1-5-9-11-13-23-29-55-77(56-30-24-14-12-10-6-2)71-57-65(63-35-31-59(32-36-63)61-39-45-67(46-40-61)75-53-27-21-17-15-19-25-51-73-7-3)43-49-69(71)70-50-44-66(58-72(70)77)64-37-33-60(34-38-64)62-41-47-68(48-42-62)76-54-28-22-18-16-20-26-52-74-8-4/h7-8,31-50,57-58H,3-6,9-30,51-56H2,1-2H3. The number of benzene rings is 6. The van der Waals surface area contributed by atoms with Crippen LogP contribution in [-0.4, -0.2) is 34.5 Å². The van der Waals surface area contributed by atoms with Crippen molar-refractivity contribution in [2.24, 2.45) is 0 Å². The van der Waals surface area contributed by atoms with E-state index >= 15 is 0 Å². The van der Waals surface area contributed by atoms with Crippen molar-refractivity contribution in [3.05, 3.63) is 159 Å². The second-order valence-corrected chi connectivity index (χ2v) is 26.1. The molecule has 0 N–H and O–H groups in total. The third-order valence-electron chi connectivity index (χ3n) is 16.2. The minimum atomic E-state index is -2.16. The normalized spacial score (nSPS) is 12.2. The summed E-state index contributed by atoms with van der Waals surface area (Å²) in [5.41, 5.74) is 13.2. The molecule has 1 aliphatic rings. The van der Waals surface area contributed by atoms with Gasteiger partial charge in [-0.3, -0.25) is 0 Å². The minimum absolute atomic E-state index is 0.764. The average Bonchev–Trinajstić information content (AvgIpc) is 3.85. The Morgan fingerprint density at radius 1 is 0.312 bits per heavy atom. The van der Waals surface area contributed by atoms with Gasteiger partial charge in [0.15, 0.2) is 0 Å². The van der Waals surface area contributed by atoms with E-state index in [1.54, 1.807) is 10.4 Å². The van der Waals surface area contributed by atoms with Crippen LogP contribution in [-0.2, 0) is 9.47 Å². The second-order valence-electron chi connectivity index (χ2n) is 21.9.